The van der Waals surface area contributed by atoms with Gasteiger partial charge in [-0.05, 0) is 23.5 Å². The number of halogens is 1. The van der Waals surface area contributed by atoms with Gasteiger partial charge in [0.25, 0.3) is 5.56 Å². The van der Waals surface area contributed by atoms with Crippen molar-refractivity contribution in [3.63, 3.8) is 0 Å². The minimum atomic E-state index is -1.35. The van der Waals surface area contributed by atoms with Crippen LogP contribution in [0.4, 0.5) is 0 Å². The summed E-state index contributed by atoms with van der Waals surface area (Å²) in [5, 5.41) is 20.6. The molecule has 0 radical (unpaired) electrons. The van der Waals surface area contributed by atoms with Gasteiger partial charge in [-0.1, -0.05) is 45.8 Å². The minimum Gasteiger partial charge on any atom is -0.387 e. The van der Waals surface area contributed by atoms with Crippen LogP contribution in [0.5, 0.6) is 0 Å². The first-order valence-electron chi connectivity index (χ1n) is 8.68. The normalized spacial score (nSPS) is 24.9. The highest BCUT2D eigenvalue weighted by Crippen LogP contribution is 2.28. The molecular weight excluding hydrogens is 432 g/mol. The Morgan fingerprint density at radius 3 is 2.64 bits per heavy atom. The lowest BCUT2D eigenvalue weighted by Gasteiger charge is -2.17. The molecule has 3 rings (SSSR count). The number of aliphatic hydroxyl groups is 2. The van der Waals surface area contributed by atoms with Crippen molar-refractivity contribution < 1.29 is 19.7 Å². The van der Waals surface area contributed by atoms with Crippen LogP contribution < -0.4 is 11.2 Å². The molecule has 3 N–H and O–H groups in total. The quantitative estimate of drug-likeness (QED) is 0.603. The van der Waals surface area contributed by atoms with E-state index in [1.54, 1.807) is 0 Å². The van der Waals surface area contributed by atoms with Crippen molar-refractivity contribution in [2.24, 2.45) is 0 Å². The second kappa shape index (κ2) is 8.97. The fourth-order valence-corrected chi connectivity index (χ4v) is 3.24. The summed E-state index contributed by atoms with van der Waals surface area (Å²) in [5.74, 6) is 0. The monoisotopic (exact) mass is 452 g/mol. The summed E-state index contributed by atoms with van der Waals surface area (Å²) >= 11 is 3.07. The van der Waals surface area contributed by atoms with Crippen LogP contribution in [0, 0.1) is 6.92 Å². The Balaban J connectivity index is 1.70. The van der Waals surface area contributed by atoms with Gasteiger partial charge in [-0.25, -0.2) is 4.79 Å². The molecule has 1 aliphatic rings. The van der Waals surface area contributed by atoms with Gasteiger partial charge in [0.1, 0.15) is 18.3 Å². The van der Waals surface area contributed by atoms with Crippen LogP contribution in [0.3, 0.4) is 0 Å². The van der Waals surface area contributed by atoms with E-state index in [2.05, 4.69) is 20.9 Å². The van der Waals surface area contributed by atoms with Crippen molar-refractivity contribution in [2.75, 3.05) is 6.61 Å². The number of nitrogens with one attached hydrogen (secondary N) is 1. The van der Waals surface area contributed by atoms with Crippen molar-refractivity contribution in [3.8, 4) is 0 Å². The Morgan fingerprint density at radius 2 is 1.96 bits per heavy atom. The molecular formula is C19H21BrN2O6. The molecule has 1 saturated heterocycles. The van der Waals surface area contributed by atoms with Gasteiger partial charge in [0.05, 0.1) is 18.8 Å². The van der Waals surface area contributed by atoms with Crippen LogP contribution in [-0.4, -0.2) is 44.7 Å². The van der Waals surface area contributed by atoms with Crippen LogP contribution in [-0.2, 0) is 16.1 Å². The molecule has 150 valence electrons. The van der Waals surface area contributed by atoms with Crippen LogP contribution in [0.2, 0.25) is 0 Å². The standard InChI is InChI=1S/C19H21BrN2O6/c1-11-2-4-12(5-3-11)9-27-10-14-15(23)16(24)18(28-14)22-8-13(6-7-20)17(25)21-19(22)26/h2-8,14-16,18,23-24H,9-10H2,1H3,(H,21,25,26)/b7-6+/t14-,15-,16+,18-/m1/s1. The lowest BCUT2D eigenvalue weighted by Crippen LogP contribution is -2.38. The van der Waals surface area contributed by atoms with Crippen LogP contribution in [0.15, 0.2) is 45.0 Å². The third kappa shape index (κ3) is 4.50. The predicted octanol–water partition coefficient (Wildman–Crippen LogP) is 1.05. The molecule has 28 heavy (non-hydrogen) atoms. The molecule has 1 fully saturated rings. The first kappa shape index (κ1) is 20.7. The van der Waals surface area contributed by atoms with Crippen molar-refractivity contribution in [1.82, 2.24) is 9.55 Å². The maximum atomic E-state index is 12.1. The van der Waals surface area contributed by atoms with Crippen molar-refractivity contribution in [2.45, 2.75) is 38.1 Å². The van der Waals surface area contributed by atoms with Crippen molar-refractivity contribution in [1.29, 1.82) is 0 Å². The van der Waals surface area contributed by atoms with E-state index in [1.165, 1.54) is 17.3 Å². The molecule has 1 aromatic carbocycles. The summed E-state index contributed by atoms with van der Waals surface area (Å²) < 4.78 is 12.3. The fourth-order valence-electron chi connectivity index (χ4n) is 2.95. The highest BCUT2D eigenvalue weighted by molar-refractivity contribution is 9.11. The number of aliphatic hydroxyl groups excluding tert-OH is 2. The Morgan fingerprint density at radius 1 is 1.25 bits per heavy atom. The number of hydrogen-bond donors (Lipinski definition) is 3. The van der Waals surface area contributed by atoms with Gasteiger partial charge < -0.3 is 19.7 Å². The molecule has 0 aliphatic carbocycles. The number of aromatic amines is 1. The number of H-pyrrole nitrogens is 1. The van der Waals surface area contributed by atoms with Crippen LogP contribution in [0.25, 0.3) is 6.08 Å². The van der Waals surface area contributed by atoms with E-state index in [4.69, 9.17) is 9.47 Å². The van der Waals surface area contributed by atoms with Gasteiger partial charge in [-0.15, -0.1) is 0 Å². The Kier molecular flexibility index (Phi) is 6.63. The number of ether oxygens (including phenoxy) is 2. The third-order valence-corrected chi connectivity index (χ3v) is 4.79. The van der Waals surface area contributed by atoms with Gasteiger partial charge in [-0.2, -0.15) is 0 Å². The average Bonchev–Trinajstić information content (AvgIpc) is 2.94. The summed E-state index contributed by atoms with van der Waals surface area (Å²) in [7, 11) is 0. The van der Waals surface area contributed by atoms with E-state index in [0.29, 0.717) is 6.61 Å². The maximum Gasteiger partial charge on any atom is 0.330 e. The SMILES string of the molecule is Cc1ccc(COC[C@H]2O[C@@H](n3cc(/C=C/Br)c(=O)[nH]c3=O)[C@@H](O)[C@@H]2O)cc1. The average molecular weight is 453 g/mol. The van der Waals surface area contributed by atoms with Gasteiger partial charge in [0, 0.05) is 6.20 Å². The number of rotatable bonds is 6. The second-order valence-corrected chi connectivity index (χ2v) is 7.12. The Bertz CT molecular complexity index is 952. The van der Waals surface area contributed by atoms with E-state index >= 15 is 0 Å². The Labute approximate surface area is 169 Å². The van der Waals surface area contributed by atoms with Gasteiger partial charge >= 0.3 is 5.69 Å². The van der Waals surface area contributed by atoms with Crippen molar-refractivity contribution >= 4 is 22.0 Å². The molecule has 4 atom stereocenters. The number of nitrogens with zero attached hydrogens (tertiary/aromatic N) is 1. The highest BCUT2D eigenvalue weighted by Gasteiger charge is 2.44. The lowest BCUT2D eigenvalue weighted by atomic mass is 10.1. The maximum absolute atomic E-state index is 12.1. The summed E-state index contributed by atoms with van der Waals surface area (Å²) in [6.45, 7) is 2.36. The molecule has 8 nitrogen and oxygen atoms in total. The van der Waals surface area contributed by atoms with E-state index in [-0.39, 0.29) is 12.2 Å². The topological polar surface area (TPSA) is 114 Å². The summed E-state index contributed by atoms with van der Waals surface area (Å²) in [4.78, 5) is 27.6. The van der Waals surface area contributed by atoms with Crippen LogP contribution >= 0.6 is 15.9 Å². The largest absolute Gasteiger partial charge is 0.387 e. The summed E-state index contributed by atoms with van der Waals surface area (Å²) in [5.41, 5.74) is 1.00. The predicted molar refractivity (Wildman–Crippen MR) is 106 cm³/mol. The van der Waals surface area contributed by atoms with E-state index in [0.717, 1.165) is 15.7 Å². The molecule has 0 amide bonds. The zero-order valence-electron chi connectivity index (χ0n) is 15.1. The first-order valence-corrected chi connectivity index (χ1v) is 9.59. The van der Waals surface area contributed by atoms with Gasteiger partial charge in [0.15, 0.2) is 6.23 Å². The zero-order valence-corrected chi connectivity index (χ0v) is 16.7. The van der Waals surface area contributed by atoms with Crippen molar-refractivity contribution in [3.05, 3.63) is 73.0 Å². The third-order valence-electron chi connectivity index (χ3n) is 4.52. The number of aromatic nitrogens is 2. The van der Waals surface area contributed by atoms with Gasteiger partial charge in [-0.3, -0.25) is 14.3 Å². The van der Waals surface area contributed by atoms with Crippen LogP contribution in [0.1, 0.15) is 22.9 Å². The molecule has 2 heterocycles. The summed E-state index contributed by atoms with van der Waals surface area (Å²) in [6.07, 6.45) is -1.83. The fraction of sp³-hybridized carbons (Fsp3) is 0.368. The lowest BCUT2D eigenvalue weighted by molar-refractivity contribution is -0.0711. The van der Waals surface area contributed by atoms with E-state index < -0.39 is 35.8 Å². The highest BCUT2D eigenvalue weighted by atomic mass is 79.9. The molecule has 2 aromatic rings. The molecule has 0 spiro atoms. The van der Waals surface area contributed by atoms with Gasteiger partial charge in [0.2, 0.25) is 0 Å². The molecule has 9 heteroatoms. The smallest absolute Gasteiger partial charge is 0.330 e. The number of aryl methyl sites for hydroxylation is 1. The molecule has 0 bridgehead atoms. The number of hydrogen-bond acceptors (Lipinski definition) is 6. The Hall–Kier alpha value is -2.04. The minimum absolute atomic E-state index is 0.0366. The zero-order chi connectivity index (χ0) is 20.3. The van der Waals surface area contributed by atoms with E-state index in [9.17, 15) is 19.8 Å². The summed E-state index contributed by atoms with van der Waals surface area (Å²) in [6, 6.07) is 7.83. The number of benzene rings is 1. The molecule has 1 aromatic heterocycles. The molecule has 1 aliphatic heterocycles. The first-order chi connectivity index (χ1) is 13.4. The molecule has 0 unspecified atom stereocenters. The molecule has 0 saturated carbocycles. The van der Waals surface area contributed by atoms with E-state index in [1.807, 2.05) is 31.2 Å². The second-order valence-electron chi connectivity index (χ2n) is 6.59.